The number of hydrogen-bond acceptors (Lipinski definition) is 6. The van der Waals surface area contributed by atoms with E-state index in [0.29, 0.717) is 36.7 Å². The first kappa shape index (κ1) is 26.9. The fourth-order valence-corrected chi connectivity index (χ4v) is 5.94. The molecule has 0 radical (unpaired) electrons. The summed E-state index contributed by atoms with van der Waals surface area (Å²) in [4.78, 5) is 0.0321. The lowest BCUT2D eigenvalue weighted by atomic mass is 10.1. The molecule has 37 heavy (non-hydrogen) atoms. The van der Waals surface area contributed by atoms with Crippen molar-refractivity contribution in [3.8, 4) is 17.2 Å². The standard InChI is InChI=1S/C28H32FNO6S/c1-33-23-12-13-27(34-2)28(18-23)37(31,32)30(20-25-10-6-15-35-25)19-21-7-5-9-24(17-21)36-16-14-22-8-3-4-11-26(22)29/h3-5,7-9,11-13,17-18,25H,6,10,14-16,19-20H2,1-2H3/t25-/m0/s1. The summed E-state index contributed by atoms with van der Waals surface area (Å²) in [5.41, 5.74) is 1.34. The van der Waals surface area contributed by atoms with E-state index in [-0.39, 0.29) is 35.7 Å². The zero-order chi connectivity index (χ0) is 26.3. The van der Waals surface area contributed by atoms with Gasteiger partial charge in [-0.25, -0.2) is 12.8 Å². The van der Waals surface area contributed by atoms with Crippen LogP contribution in [0.2, 0.25) is 0 Å². The molecular formula is C28H32FNO6S. The largest absolute Gasteiger partial charge is 0.497 e. The van der Waals surface area contributed by atoms with Gasteiger partial charge in [-0.05, 0) is 54.3 Å². The van der Waals surface area contributed by atoms with Gasteiger partial charge in [-0.15, -0.1) is 0 Å². The highest BCUT2D eigenvalue weighted by atomic mass is 32.2. The molecule has 1 atom stereocenters. The predicted octanol–water partition coefficient (Wildman–Crippen LogP) is 4.83. The smallest absolute Gasteiger partial charge is 0.247 e. The van der Waals surface area contributed by atoms with Crippen molar-refractivity contribution in [2.24, 2.45) is 0 Å². The number of hydrogen-bond donors (Lipinski definition) is 0. The van der Waals surface area contributed by atoms with Gasteiger partial charge in [-0.2, -0.15) is 4.31 Å². The summed E-state index contributed by atoms with van der Waals surface area (Å²) in [7, 11) is -1.04. The van der Waals surface area contributed by atoms with Gasteiger partial charge in [-0.3, -0.25) is 0 Å². The van der Waals surface area contributed by atoms with Crippen molar-refractivity contribution in [3.63, 3.8) is 0 Å². The van der Waals surface area contributed by atoms with Crippen LogP contribution in [0.3, 0.4) is 0 Å². The maximum Gasteiger partial charge on any atom is 0.247 e. The summed E-state index contributed by atoms with van der Waals surface area (Å²) in [5, 5.41) is 0. The van der Waals surface area contributed by atoms with Gasteiger partial charge in [0.15, 0.2) is 0 Å². The molecule has 1 fully saturated rings. The highest BCUT2D eigenvalue weighted by molar-refractivity contribution is 7.89. The summed E-state index contributed by atoms with van der Waals surface area (Å²) in [6.45, 7) is 1.24. The molecule has 4 rings (SSSR count). The molecule has 1 aliphatic heterocycles. The van der Waals surface area contributed by atoms with E-state index < -0.39 is 10.0 Å². The SMILES string of the molecule is COc1ccc(OC)c(S(=O)(=O)N(Cc2cccc(OCCc3ccccc3F)c2)C[C@@H]2CCCO2)c1. The molecule has 1 heterocycles. The Hall–Kier alpha value is -3.14. The van der Waals surface area contributed by atoms with Gasteiger partial charge in [-0.1, -0.05) is 30.3 Å². The van der Waals surface area contributed by atoms with E-state index in [1.165, 1.54) is 30.7 Å². The lowest BCUT2D eigenvalue weighted by Gasteiger charge is -2.26. The second-order valence-electron chi connectivity index (χ2n) is 8.79. The Morgan fingerprint density at radius 2 is 1.84 bits per heavy atom. The van der Waals surface area contributed by atoms with E-state index in [4.69, 9.17) is 18.9 Å². The van der Waals surface area contributed by atoms with Gasteiger partial charge in [0.25, 0.3) is 0 Å². The van der Waals surface area contributed by atoms with Crippen molar-refractivity contribution in [1.82, 2.24) is 4.31 Å². The van der Waals surface area contributed by atoms with Crippen molar-refractivity contribution in [2.75, 3.05) is 34.0 Å². The molecule has 1 aliphatic rings. The Morgan fingerprint density at radius 3 is 2.57 bits per heavy atom. The number of rotatable bonds is 12. The molecule has 198 valence electrons. The molecule has 0 amide bonds. The van der Waals surface area contributed by atoms with Crippen molar-refractivity contribution in [3.05, 3.63) is 83.7 Å². The van der Waals surface area contributed by atoms with E-state index in [1.807, 2.05) is 18.2 Å². The normalized spacial score (nSPS) is 15.6. The molecule has 3 aromatic rings. The highest BCUT2D eigenvalue weighted by Crippen LogP contribution is 2.32. The van der Waals surface area contributed by atoms with Crippen LogP contribution in [0.25, 0.3) is 0 Å². The summed E-state index contributed by atoms with van der Waals surface area (Å²) in [6, 6.07) is 18.6. The zero-order valence-corrected chi connectivity index (χ0v) is 21.9. The Balaban J connectivity index is 1.55. The Bertz CT molecular complexity index is 1290. The van der Waals surface area contributed by atoms with Gasteiger partial charge < -0.3 is 18.9 Å². The predicted molar refractivity (Wildman–Crippen MR) is 138 cm³/mol. The third-order valence-corrected chi connectivity index (χ3v) is 8.11. The molecule has 0 saturated carbocycles. The molecule has 0 bridgehead atoms. The second kappa shape index (κ2) is 12.4. The van der Waals surface area contributed by atoms with E-state index >= 15 is 0 Å². The van der Waals surface area contributed by atoms with Crippen LogP contribution in [0.5, 0.6) is 17.2 Å². The Kier molecular flexibility index (Phi) is 9.02. The Morgan fingerprint density at radius 1 is 1.00 bits per heavy atom. The van der Waals surface area contributed by atoms with Crippen LogP contribution in [-0.2, 0) is 27.7 Å². The van der Waals surface area contributed by atoms with Crippen LogP contribution in [0.1, 0.15) is 24.0 Å². The first-order valence-electron chi connectivity index (χ1n) is 12.2. The van der Waals surface area contributed by atoms with Crippen LogP contribution in [0.4, 0.5) is 4.39 Å². The maximum absolute atomic E-state index is 13.9. The fourth-order valence-electron chi connectivity index (χ4n) is 4.31. The van der Waals surface area contributed by atoms with Gasteiger partial charge in [0.1, 0.15) is 28.0 Å². The summed E-state index contributed by atoms with van der Waals surface area (Å²) in [5.74, 6) is 0.982. The van der Waals surface area contributed by atoms with E-state index in [0.717, 1.165) is 18.4 Å². The molecule has 9 heteroatoms. The van der Waals surface area contributed by atoms with Crippen molar-refractivity contribution in [2.45, 2.75) is 36.8 Å². The number of sulfonamides is 1. The molecule has 0 spiro atoms. The average molecular weight is 530 g/mol. The van der Waals surface area contributed by atoms with E-state index in [9.17, 15) is 12.8 Å². The van der Waals surface area contributed by atoms with E-state index in [1.54, 1.807) is 36.4 Å². The maximum atomic E-state index is 13.9. The second-order valence-corrected chi connectivity index (χ2v) is 10.7. The van der Waals surface area contributed by atoms with Gasteiger partial charge in [0.2, 0.25) is 10.0 Å². The van der Waals surface area contributed by atoms with E-state index in [2.05, 4.69) is 0 Å². The molecule has 0 unspecified atom stereocenters. The van der Waals surface area contributed by atoms with Gasteiger partial charge >= 0.3 is 0 Å². The van der Waals surface area contributed by atoms with Crippen LogP contribution in [-0.4, -0.2) is 52.8 Å². The minimum atomic E-state index is -3.97. The number of benzene rings is 3. The molecule has 1 saturated heterocycles. The first-order chi connectivity index (χ1) is 17.9. The summed E-state index contributed by atoms with van der Waals surface area (Å²) < 4.78 is 65.4. The van der Waals surface area contributed by atoms with Crippen LogP contribution >= 0.6 is 0 Å². The third kappa shape index (κ3) is 6.80. The van der Waals surface area contributed by atoms with Crippen molar-refractivity contribution in [1.29, 1.82) is 0 Å². The molecule has 3 aromatic carbocycles. The number of ether oxygens (including phenoxy) is 4. The van der Waals surface area contributed by atoms with Crippen LogP contribution < -0.4 is 14.2 Å². The summed E-state index contributed by atoms with van der Waals surface area (Å²) >= 11 is 0. The minimum absolute atomic E-state index is 0.0321. The first-order valence-corrected chi connectivity index (χ1v) is 13.6. The molecular weight excluding hydrogens is 497 g/mol. The van der Waals surface area contributed by atoms with Crippen LogP contribution in [0, 0.1) is 5.82 Å². The highest BCUT2D eigenvalue weighted by Gasteiger charge is 2.32. The summed E-state index contributed by atoms with van der Waals surface area (Å²) in [6.07, 6.45) is 1.92. The lowest BCUT2D eigenvalue weighted by molar-refractivity contribution is 0.0925. The van der Waals surface area contributed by atoms with Gasteiger partial charge in [0, 0.05) is 32.2 Å². The monoisotopic (exact) mass is 529 g/mol. The van der Waals surface area contributed by atoms with Crippen LogP contribution in [0.15, 0.2) is 71.6 Å². The van der Waals surface area contributed by atoms with Gasteiger partial charge in [0.05, 0.1) is 26.9 Å². The molecule has 7 nitrogen and oxygen atoms in total. The topological polar surface area (TPSA) is 74.3 Å². The lowest BCUT2D eigenvalue weighted by Crippen LogP contribution is -2.37. The molecule has 0 aliphatic carbocycles. The average Bonchev–Trinajstić information content (AvgIpc) is 3.42. The van der Waals surface area contributed by atoms with Crippen molar-refractivity contribution < 1.29 is 31.8 Å². The fraction of sp³-hybridized carbons (Fsp3) is 0.357. The quantitative estimate of drug-likeness (QED) is 0.335. The van der Waals surface area contributed by atoms with Crippen molar-refractivity contribution >= 4 is 10.0 Å². The molecule has 0 N–H and O–H groups in total. The Labute approximate surface area is 217 Å². The minimum Gasteiger partial charge on any atom is -0.497 e. The number of nitrogens with zero attached hydrogens (tertiary/aromatic N) is 1. The zero-order valence-electron chi connectivity index (χ0n) is 21.1. The third-order valence-electron chi connectivity index (χ3n) is 6.28. The number of halogens is 1. The molecule has 0 aromatic heterocycles. The number of methoxy groups -OCH3 is 2.